The average molecular weight is 410 g/mol. The van der Waals surface area contributed by atoms with E-state index in [1.807, 2.05) is 24.3 Å². The van der Waals surface area contributed by atoms with Crippen LogP contribution >= 0.6 is 24.8 Å². The van der Waals surface area contributed by atoms with Gasteiger partial charge >= 0.3 is 0 Å². The van der Waals surface area contributed by atoms with E-state index in [0.717, 1.165) is 44.2 Å². The fourth-order valence-corrected chi connectivity index (χ4v) is 2.47. The summed E-state index contributed by atoms with van der Waals surface area (Å²) in [6, 6.07) is 7.03. The number of para-hydroxylation sites is 1. The highest BCUT2D eigenvalue weighted by Gasteiger charge is 2.14. The van der Waals surface area contributed by atoms with Gasteiger partial charge in [-0.15, -0.1) is 24.8 Å². The molecule has 1 amide bonds. The number of halogens is 2. The zero-order valence-electron chi connectivity index (χ0n) is 15.0. The maximum absolute atomic E-state index is 11.9. The van der Waals surface area contributed by atoms with Crippen molar-refractivity contribution in [3.63, 3.8) is 0 Å². The van der Waals surface area contributed by atoms with Gasteiger partial charge in [-0.2, -0.15) is 0 Å². The Balaban J connectivity index is 0.00000312. The minimum Gasteiger partial charge on any atom is -0.492 e. The summed E-state index contributed by atoms with van der Waals surface area (Å²) in [6.07, 6.45) is 0. The lowest BCUT2D eigenvalue weighted by Gasteiger charge is -2.26. The van der Waals surface area contributed by atoms with Crippen molar-refractivity contribution in [2.75, 3.05) is 53.2 Å². The first-order valence-electron chi connectivity index (χ1n) is 8.23. The van der Waals surface area contributed by atoms with Crippen LogP contribution in [0.3, 0.4) is 0 Å². The molecular weight excluding hydrogens is 381 g/mol. The number of carbonyl (C=O) groups excluding carboxylic acids is 1. The predicted octanol–water partition coefficient (Wildman–Crippen LogP) is 0.831. The minimum atomic E-state index is -0.663. The van der Waals surface area contributed by atoms with Crippen LogP contribution in [0.15, 0.2) is 24.3 Å². The van der Waals surface area contributed by atoms with Gasteiger partial charge in [-0.05, 0) is 6.07 Å². The Bertz CT molecular complexity index is 517. The van der Waals surface area contributed by atoms with Crippen molar-refractivity contribution >= 4 is 30.7 Å². The molecule has 1 saturated heterocycles. The molecule has 1 unspecified atom stereocenters. The van der Waals surface area contributed by atoms with Gasteiger partial charge in [0, 0.05) is 38.9 Å². The van der Waals surface area contributed by atoms with Gasteiger partial charge in [0.1, 0.15) is 18.4 Å². The summed E-state index contributed by atoms with van der Waals surface area (Å²) in [5.41, 5.74) is 6.64. The van der Waals surface area contributed by atoms with Crippen molar-refractivity contribution < 1.29 is 19.0 Å². The Morgan fingerprint density at radius 1 is 1.31 bits per heavy atom. The highest BCUT2D eigenvalue weighted by atomic mass is 35.5. The first-order valence-corrected chi connectivity index (χ1v) is 8.23. The lowest BCUT2D eigenvalue weighted by atomic mass is 10.2. The number of amides is 1. The van der Waals surface area contributed by atoms with Gasteiger partial charge in [0.05, 0.1) is 19.8 Å². The van der Waals surface area contributed by atoms with Crippen LogP contribution < -0.4 is 15.8 Å². The van der Waals surface area contributed by atoms with E-state index in [2.05, 4.69) is 10.2 Å². The van der Waals surface area contributed by atoms with Crippen molar-refractivity contribution in [3.05, 3.63) is 29.8 Å². The second-order valence-corrected chi connectivity index (χ2v) is 5.69. The summed E-state index contributed by atoms with van der Waals surface area (Å²) in [6.45, 7) is 5.50. The lowest BCUT2D eigenvalue weighted by molar-refractivity contribution is -0.123. The van der Waals surface area contributed by atoms with E-state index in [-0.39, 0.29) is 37.3 Å². The zero-order valence-corrected chi connectivity index (χ0v) is 16.7. The SMILES string of the molecule is COCC(N)C(=O)NCc1ccccc1OCCN1CCOCC1.Cl.Cl. The van der Waals surface area contributed by atoms with Crippen LogP contribution in [0, 0.1) is 0 Å². The molecule has 7 nitrogen and oxygen atoms in total. The van der Waals surface area contributed by atoms with Crippen molar-refractivity contribution in [1.29, 1.82) is 0 Å². The van der Waals surface area contributed by atoms with Crippen molar-refractivity contribution in [1.82, 2.24) is 10.2 Å². The Hall–Kier alpha value is -1.09. The normalized spacial score (nSPS) is 15.3. The van der Waals surface area contributed by atoms with Gasteiger partial charge in [0.15, 0.2) is 0 Å². The molecule has 150 valence electrons. The standard InChI is InChI=1S/C17H27N3O4.2ClH/c1-22-13-15(18)17(21)19-12-14-4-2-3-5-16(14)24-11-8-20-6-9-23-10-7-20;;/h2-5,15H,6-13,18H2,1H3,(H,19,21);2*1H. The van der Waals surface area contributed by atoms with Crippen LogP contribution in [0.25, 0.3) is 0 Å². The van der Waals surface area contributed by atoms with E-state index >= 15 is 0 Å². The van der Waals surface area contributed by atoms with Crippen LogP contribution in [-0.2, 0) is 20.8 Å². The summed E-state index contributed by atoms with van der Waals surface area (Å²) in [7, 11) is 1.52. The van der Waals surface area contributed by atoms with Crippen LogP contribution in [0.5, 0.6) is 5.75 Å². The number of nitrogens with two attached hydrogens (primary N) is 1. The fourth-order valence-electron chi connectivity index (χ4n) is 2.47. The monoisotopic (exact) mass is 409 g/mol. The Kier molecular flexibility index (Phi) is 13.4. The van der Waals surface area contributed by atoms with Crippen LogP contribution in [-0.4, -0.2) is 70.0 Å². The molecule has 0 aliphatic carbocycles. The molecule has 1 aromatic rings. The molecule has 1 aromatic carbocycles. The Morgan fingerprint density at radius 3 is 2.69 bits per heavy atom. The molecular formula is C17H29Cl2N3O4. The molecule has 1 heterocycles. The number of morpholine rings is 1. The third-order valence-electron chi connectivity index (χ3n) is 3.88. The van der Waals surface area contributed by atoms with Crippen LogP contribution in [0.1, 0.15) is 5.56 Å². The number of ether oxygens (including phenoxy) is 3. The molecule has 26 heavy (non-hydrogen) atoms. The van der Waals surface area contributed by atoms with Gasteiger partial charge in [-0.3, -0.25) is 9.69 Å². The van der Waals surface area contributed by atoms with Crippen molar-refractivity contribution in [2.24, 2.45) is 5.73 Å². The molecule has 1 aliphatic rings. The largest absolute Gasteiger partial charge is 0.492 e. The minimum absolute atomic E-state index is 0. The molecule has 0 radical (unpaired) electrons. The number of carbonyl (C=O) groups is 1. The first-order chi connectivity index (χ1) is 11.7. The fraction of sp³-hybridized carbons (Fsp3) is 0.588. The molecule has 1 fully saturated rings. The van der Waals surface area contributed by atoms with Crippen LogP contribution in [0.2, 0.25) is 0 Å². The molecule has 1 aliphatic heterocycles. The van der Waals surface area contributed by atoms with Crippen molar-refractivity contribution in [3.8, 4) is 5.75 Å². The molecule has 0 saturated carbocycles. The van der Waals surface area contributed by atoms with Gasteiger partial charge in [0.25, 0.3) is 0 Å². The maximum Gasteiger partial charge on any atom is 0.239 e. The zero-order chi connectivity index (χ0) is 17.2. The third kappa shape index (κ3) is 8.53. The lowest BCUT2D eigenvalue weighted by Crippen LogP contribution is -2.43. The Morgan fingerprint density at radius 2 is 2.00 bits per heavy atom. The number of nitrogens with one attached hydrogen (secondary N) is 1. The van der Waals surface area contributed by atoms with Gasteiger partial charge < -0.3 is 25.3 Å². The third-order valence-corrected chi connectivity index (χ3v) is 3.88. The summed E-state index contributed by atoms with van der Waals surface area (Å²) in [4.78, 5) is 14.2. The average Bonchev–Trinajstić information content (AvgIpc) is 2.61. The molecule has 3 N–H and O–H groups in total. The molecule has 1 atom stereocenters. The summed E-state index contributed by atoms with van der Waals surface area (Å²) >= 11 is 0. The summed E-state index contributed by atoms with van der Waals surface area (Å²) in [5, 5.41) is 2.81. The summed E-state index contributed by atoms with van der Waals surface area (Å²) in [5.74, 6) is 0.548. The molecule has 0 aromatic heterocycles. The van der Waals surface area contributed by atoms with Crippen LogP contribution in [0.4, 0.5) is 0 Å². The number of methoxy groups -OCH3 is 1. The number of nitrogens with zero attached hydrogens (tertiary/aromatic N) is 1. The number of rotatable bonds is 9. The molecule has 9 heteroatoms. The smallest absolute Gasteiger partial charge is 0.239 e. The number of benzene rings is 1. The van der Waals surface area contributed by atoms with E-state index in [9.17, 15) is 4.79 Å². The molecule has 2 rings (SSSR count). The van der Waals surface area contributed by atoms with Crippen molar-refractivity contribution in [2.45, 2.75) is 12.6 Å². The van der Waals surface area contributed by atoms with E-state index in [1.54, 1.807) is 0 Å². The molecule has 0 spiro atoms. The maximum atomic E-state index is 11.9. The van der Waals surface area contributed by atoms with Gasteiger partial charge in [-0.1, -0.05) is 18.2 Å². The second kappa shape index (κ2) is 14.0. The number of hydrogen-bond donors (Lipinski definition) is 2. The van der Waals surface area contributed by atoms with E-state index in [4.69, 9.17) is 19.9 Å². The quantitative estimate of drug-likeness (QED) is 0.628. The highest BCUT2D eigenvalue weighted by Crippen LogP contribution is 2.17. The van der Waals surface area contributed by atoms with E-state index < -0.39 is 6.04 Å². The van der Waals surface area contributed by atoms with E-state index in [0.29, 0.717) is 13.2 Å². The first kappa shape index (κ1) is 24.9. The van der Waals surface area contributed by atoms with E-state index in [1.165, 1.54) is 7.11 Å². The number of hydrogen-bond acceptors (Lipinski definition) is 6. The van der Waals surface area contributed by atoms with Gasteiger partial charge in [0.2, 0.25) is 5.91 Å². The predicted molar refractivity (Wildman–Crippen MR) is 105 cm³/mol. The topological polar surface area (TPSA) is 86.0 Å². The summed E-state index contributed by atoms with van der Waals surface area (Å²) < 4.78 is 16.1. The molecule has 0 bridgehead atoms. The highest BCUT2D eigenvalue weighted by molar-refractivity contribution is 5.85. The van der Waals surface area contributed by atoms with Gasteiger partial charge in [-0.25, -0.2) is 0 Å². The second-order valence-electron chi connectivity index (χ2n) is 5.69. The Labute approximate surface area is 167 Å².